The third-order valence-electron chi connectivity index (χ3n) is 6.84. The molecule has 1 saturated heterocycles. The zero-order chi connectivity index (χ0) is 25.8. The summed E-state index contributed by atoms with van der Waals surface area (Å²) < 4.78 is 20.9. The van der Waals surface area contributed by atoms with Crippen molar-refractivity contribution >= 4 is 22.9 Å². The number of imidazole rings is 1. The van der Waals surface area contributed by atoms with E-state index in [9.17, 15) is 9.18 Å². The van der Waals surface area contributed by atoms with Crippen LogP contribution < -0.4 is 10.2 Å². The Labute approximate surface area is 214 Å². The molecule has 1 aliphatic rings. The van der Waals surface area contributed by atoms with Crippen LogP contribution >= 0.6 is 0 Å². The van der Waals surface area contributed by atoms with Crippen molar-refractivity contribution < 1.29 is 13.9 Å². The van der Waals surface area contributed by atoms with Crippen LogP contribution in [0.1, 0.15) is 42.6 Å². The van der Waals surface area contributed by atoms with Gasteiger partial charge in [-0.1, -0.05) is 19.1 Å². The highest BCUT2D eigenvalue weighted by Crippen LogP contribution is 2.27. The normalized spacial score (nSPS) is 15.2. The number of nitrogens with zero attached hydrogens (tertiary/aromatic N) is 6. The molecule has 1 aromatic carbocycles. The van der Waals surface area contributed by atoms with Crippen LogP contribution in [0.3, 0.4) is 0 Å². The highest BCUT2D eigenvalue weighted by atomic mass is 19.1. The first-order valence-corrected chi connectivity index (χ1v) is 12.5. The average Bonchev–Trinajstić information content (AvgIpc) is 3.36. The van der Waals surface area contributed by atoms with E-state index in [2.05, 4.69) is 41.6 Å². The van der Waals surface area contributed by atoms with Gasteiger partial charge in [0.1, 0.15) is 12.1 Å². The second-order valence-corrected chi connectivity index (χ2v) is 9.22. The fourth-order valence-electron chi connectivity index (χ4n) is 4.78. The predicted molar refractivity (Wildman–Crippen MR) is 139 cm³/mol. The second-order valence-electron chi connectivity index (χ2n) is 9.22. The van der Waals surface area contributed by atoms with Gasteiger partial charge in [0.15, 0.2) is 17.0 Å². The zero-order valence-electron chi connectivity index (χ0n) is 21.0. The van der Waals surface area contributed by atoms with E-state index >= 15 is 0 Å². The molecular formula is C27H30FN7O2. The molecule has 37 heavy (non-hydrogen) atoms. The number of halogens is 1. The van der Waals surface area contributed by atoms with Gasteiger partial charge in [-0.05, 0) is 43.5 Å². The van der Waals surface area contributed by atoms with E-state index in [1.807, 2.05) is 6.33 Å². The number of hydrogen-bond donors (Lipinski definition) is 1. The maximum atomic E-state index is 13.5. The molecule has 5 rings (SSSR count). The number of hydrogen-bond acceptors (Lipinski definition) is 7. The van der Waals surface area contributed by atoms with Crippen molar-refractivity contribution in [2.75, 3.05) is 31.7 Å². The number of benzene rings is 1. The summed E-state index contributed by atoms with van der Waals surface area (Å²) in [5, 5.41) is 3.12. The molecule has 0 bridgehead atoms. The third kappa shape index (κ3) is 5.29. The van der Waals surface area contributed by atoms with Gasteiger partial charge < -0.3 is 19.5 Å². The minimum Gasteiger partial charge on any atom is -0.383 e. The van der Waals surface area contributed by atoms with Crippen molar-refractivity contribution in [3.8, 4) is 11.3 Å². The molecule has 0 saturated carbocycles. The van der Waals surface area contributed by atoms with Crippen LogP contribution in [0, 0.1) is 5.82 Å². The molecule has 4 heterocycles. The Bertz CT molecular complexity index is 1370. The van der Waals surface area contributed by atoms with Gasteiger partial charge in [0.05, 0.1) is 30.2 Å². The molecule has 1 fully saturated rings. The number of methoxy groups -OCH3 is 1. The van der Waals surface area contributed by atoms with Crippen molar-refractivity contribution in [2.45, 2.75) is 38.3 Å². The van der Waals surface area contributed by atoms with E-state index in [1.54, 1.807) is 37.7 Å². The summed E-state index contributed by atoms with van der Waals surface area (Å²) in [6.07, 6.45) is 7.42. The topological polar surface area (TPSA) is 98.1 Å². The monoisotopic (exact) mass is 503 g/mol. The summed E-state index contributed by atoms with van der Waals surface area (Å²) in [6.45, 7) is 4.20. The first kappa shape index (κ1) is 24.8. The van der Waals surface area contributed by atoms with Crippen LogP contribution in [-0.2, 0) is 4.74 Å². The van der Waals surface area contributed by atoms with Gasteiger partial charge >= 0.3 is 0 Å². The molecule has 0 spiro atoms. The molecule has 1 atom stereocenters. The van der Waals surface area contributed by atoms with E-state index in [4.69, 9.17) is 4.74 Å². The third-order valence-corrected chi connectivity index (χ3v) is 6.84. The number of fused-ring (bicyclic) bond motifs is 1. The first-order chi connectivity index (χ1) is 18.1. The minimum atomic E-state index is -0.320. The molecule has 3 aromatic heterocycles. The van der Waals surface area contributed by atoms with Gasteiger partial charge in [0, 0.05) is 38.0 Å². The van der Waals surface area contributed by atoms with Gasteiger partial charge in [-0.15, -0.1) is 0 Å². The molecule has 9 nitrogen and oxygen atoms in total. The molecule has 0 radical (unpaired) electrons. The van der Waals surface area contributed by atoms with Gasteiger partial charge in [-0.3, -0.25) is 9.78 Å². The number of nitrogens with one attached hydrogen (secondary N) is 1. The van der Waals surface area contributed by atoms with Crippen LogP contribution in [0.2, 0.25) is 0 Å². The molecule has 0 aliphatic carbocycles. The molecule has 1 aliphatic heterocycles. The number of carbonyl (C=O) groups excluding carboxylic acids is 1. The van der Waals surface area contributed by atoms with Gasteiger partial charge in [0.25, 0.3) is 5.91 Å². The highest BCUT2D eigenvalue weighted by molar-refractivity contribution is 5.94. The van der Waals surface area contributed by atoms with Crippen molar-refractivity contribution in [3.05, 3.63) is 66.6 Å². The van der Waals surface area contributed by atoms with E-state index < -0.39 is 0 Å². The number of amides is 1. The van der Waals surface area contributed by atoms with Gasteiger partial charge in [0.2, 0.25) is 0 Å². The maximum absolute atomic E-state index is 13.5. The first-order valence-electron chi connectivity index (χ1n) is 12.5. The number of carbonyl (C=O) groups is 1. The predicted octanol–water partition coefficient (Wildman–Crippen LogP) is 4.02. The SMILES string of the molecule is CCC(COC)n1cnc2c(N3CCC(NC(=O)c4ccc(-c5cccc(F)c5)nc4)CC3)ncnc21. The smallest absolute Gasteiger partial charge is 0.253 e. The Morgan fingerprint density at radius 1 is 1.16 bits per heavy atom. The summed E-state index contributed by atoms with van der Waals surface area (Å²) in [7, 11) is 1.70. The summed E-state index contributed by atoms with van der Waals surface area (Å²) in [5.41, 5.74) is 3.36. The van der Waals surface area contributed by atoms with Crippen LogP contribution in [0.25, 0.3) is 22.4 Å². The number of pyridine rings is 1. The standard InChI is InChI=1S/C27H30FN7O2/c1-3-22(15-37-2)35-17-32-24-25(30-16-31-26(24)35)34-11-9-21(10-12-34)33-27(36)19-7-8-23(29-14-19)18-5-4-6-20(28)13-18/h4-8,13-14,16-17,21-22H,3,9-12,15H2,1-2H3,(H,33,36). The average molecular weight is 504 g/mol. The van der Waals surface area contributed by atoms with Crippen molar-refractivity contribution in [3.63, 3.8) is 0 Å². The van der Waals surface area contributed by atoms with Crippen molar-refractivity contribution in [1.29, 1.82) is 0 Å². The largest absolute Gasteiger partial charge is 0.383 e. The Morgan fingerprint density at radius 3 is 2.70 bits per heavy atom. The van der Waals surface area contributed by atoms with Crippen LogP contribution in [0.15, 0.2) is 55.2 Å². The number of ether oxygens (including phenoxy) is 1. The van der Waals surface area contributed by atoms with E-state index in [0.717, 1.165) is 49.3 Å². The lowest BCUT2D eigenvalue weighted by Gasteiger charge is -2.33. The van der Waals surface area contributed by atoms with Crippen LogP contribution in [-0.4, -0.2) is 63.3 Å². The van der Waals surface area contributed by atoms with Gasteiger partial charge in [-0.2, -0.15) is 0 Å². The van der Waals surface area contributed by atoms with E-state index in [1.165, 1.54) is 18.3 Å². The van der Waals surface area contributed by atoms with E-state index in [-0.39, 0.29) is 23.8 Å². The fraction of sp³-hybridized carbons (Fsp3) is 0.370. The Balaban J connectivity index is 1.21. The molecule has 1 amide bonds. The number of aromatic nitrogens is 5. The number of rotatable bonds is 8. The zero-order valence-corrected chi connectivity index (χ0v) is 21.0. The molecular weight excluding hydrogens is 473 g/mol. The Kier molecular flexibility index (Phi) is 7.36. The second kappa shape index (κ2) is 11.0. The fourth-order valence-corrected chi connectivity index (χ4v) is 4.78. The highest BCUT2D eigenvalue weighted by Gasteiger charge is 2.25. The molecule has 10 heteroatoms. The molecule has 192 valence electrons. The molecule has 1 N–H and O–H groups in total. The van der Waals surface area contributed by atoms with Crippen LogP contribution in [0.4, 0.5) is 10.2 Å². The van der Waals surface area contributed by atoms with Crippen LogP contribution in [0.5, 0.6) is 0 Å². The van der Waals surface area contributed by atoms with Crippen molar-refractivity contribution in [2.24, 2.45) is 0 Å². The molecule has 1 unspecified atom stereocenters. The summed E-state index contributed by atoms with van der Waals surface area (Å²) in [4.78, 5) is 33.0. The van der Waals surface area contributed by atoms with Crippen molar-refractivity contribution in [1.82, 2.24) is 29.8 Å². The van der Waals surface area contributed by atoms with E-state index in [0.29, 0.717) is 23.4 Å². The Hall–Kier alpha value is -3.92. The number of piperidine rings is 1. The Morgan fingerprint density at radius 2 is 2.00 bits per heavy atom. The number of anilines is 1. The maximum Gasteiger partial charge on any atom is 0.253 e. The minimum absolute atomic E-state index is 0.0488. The quantitative estimate of drug-likeness (QED) is 0.388. The lowest BCUT2D eigenvalue weighted by molar-refractivity contribution is 0.0930. The summed E-state index contributed by atoms with van der Waals surface area (Å²) >= 11 is 0. The summed E-state index contributed by atoms with van der Waals surface area (Å²) in [5.74, 6) is 0.335. The summed E-state index contributed by atoms with van der Waals surface area (Å²) in [6, 6.07) is 9.91. The lowest BCUT2D eigenvalue weighted by atomic mass is 10.0. The molecule has 4 aromatic rings. The lowest BCUT2D eigenvalue weighted by Crippen LogP contribution is -2.45. The van der Waals surface area contributed by atoms with Gasteiger partial charge in [-0.25, -0.2) is 19.3 Å².